The van der Waals surface area contributed by atoms with Crippen LogP contribution in [0, 0.1) is 23.4 Å². The molecule has 1 nitrogen and oxygen atoms in total. The number of hydrogen-bond acceptors (Lipinski definition) is 1. The van der Waals surface area contributed by atoms with E-state index in [9.17, 15) is 13.2 Å². The Labute approximate surface area is 165 Å². The van der Waals surface area contributed by atoms with Crippen LogP contribution < -0.4 is 4.74 Å². The molecule has 3 rings (SSSR count). The summed E-state index contributed by atoms with van der Waals surface area (Å²) in [6, 6.07) is 7.95. The maximum absolute atomic E-state index is 14.5. The summed E-state index contributed by atoms with van der Waals surface area (Å²) >= 11 is 0. The van der Waals surface area contributed by atoms with E-state index in [1.54, 1.807) is 12.1 Å². The summed E-state index contributed by atoms with van der Waals surface area (Å²) in [6.45, 7) is 2.23. The number of methoxy groups -OCH3 is 1. The number of hydrogen-bond donors (Lipinski definition) is 0. The molecule has 152 valence electrons. The van der Waals surface area contributed by atoms with Gasteiger partial charge in [0.25, 0.3) is 0 Å². The van der Waals surface area contributed by atoms with Gasteiger partial charge in [-0.05, 0) is 48.6 Å². The predicted octanol–water partition coefficient (Wildman–Crippen LogP) is 7.63. The summed E-state index contributed by atoms with van der Waals surface area (Å²) < 4.78 is 47.3. The van der Waals surface area contributed by atoms with Crippen LogP contribution >= 0.6 is 0 Å². The summed E-state index contributed by atoms with van der Waals surface area (Å²) in [5.41, 5.74) is 1.15. The molecule has 1 aliphatic rings. The highest BCUT2D eigenvalue weighted by molar-refractivity contribution is 5.67. The molecule has 0 atom stereocenters. The topological polar surface area (TPSA) is 9.23 Å². The van der Waals surface area contributed by atoms with Gasteiger partial charge in [0.15, 0.2) is 23.2 Å². The van der Waals surface area contributed by atoms with Crippen molar-refractivity contribution in [3.63, 3.8) is 0 Å². The predicted molar refractivity (Wildman–Crippen MR) is 107 cm³/mol. The maximum atomic E-state index is 14.5. The molecule has 4 heteroatoms. The average Bonchev–Trinajstić information content (AvgIpc) is 2.72. The van der Waals surface area contributed by atoms with Crippen molar-refractivity contribution in [3.05, 3.63) is 53.3 Å². The highest BCUT2D eigenvalue weighted by Crippen LogP contribution is 2.39. The van der Waals surface area contributed by atoms with Crippen molar-refractivity contribution in [1.29, 1.82) is 0 Å². The van der Waals surface area contributed by atoms with Gasteiger partial charge in [-0.1, -0.05) is 56.9 Å². The quantitative estimate of drug-likeness (QED) is 0.349. The van der Waals surface area contributed by atoms with Gasteiger partial charge in [-0.15, -0.1) is 0 Å². The minimum atomic E-state index is -1.18. The molecule has 1 saturated carbocycles. The number of benzene rings is 2. The Kier molecular flexibility index (Phi) is 7.03. The number of halogens is 3. The fourth-order valence-electron chi connectivity index (χ4n) is 4.37. The Morgan fingerprint density at radius 2 is 1.61 bits per heavy atom. The van der Waals surface area contributed by atoms with E-state index in [0.29, 0.717) is 11.5 Å². The lowest BCUT2D eigenvalue weighted by Crippen LogP contribution is -2.13. The van der Waals surface area contributed by atoms with Crippen LogP contribution in [-0.2, 0) is 0 Å². The average molecular weight is 390 g/mol. The number of unbranched alkanes of at least 4 members (excludes halogenated alkanes) is 2. The van der Waals surface area contributed by atoms with Gasteiger partial charge in [0, 0.05) is 6.07 Å². The van der Waals surface area contributed by atoms with Crippen LogP contribution in [0.5, 0.6) is 5.75 Å². The molecule has 0 N–H and O–H groups in total. The zero-order chi connectivity index (χ0) is 20.1. The van der Waals surface area contributed by atoms with E-state index >= 15 is 0 Å². The van der Waals surface area contributed by atoms with Gasteiger partial charge in [0.05, 0.1) is 12.7 Å². The Morgan fingerprint density at radius 3 is 2.21 bits per heavy atom. The van der Waals surface area contributed by atoms with E-state index in [4.69, 9.17) is 4.74 Å². The third kappa shape index (κ3) is 4.53. The van der Waals surface area contributed by atoms with Crippen molar-refractivity contribution in [2.24, 2.45) is 5.92 Å². The smallest absolute Gasteiger partial charge is 0.176 e. The van der Waals surface area contributed by atoms with Gasteiger partial charge in [0.2, 0.25) is 0 Å². The largest absolute Gasteiger partial charge is 0.494 e. The SMILES string of the molecule is CCCCCC1CCC(c2ccc(-c3c(F)c(F)cc(OC)c3F)cc2)CC1. The maximum Gasteiger partial charge on any atom is 0.176 e. The van der Waals surface area contributed by atoms with Crippen molar-refractivity contribution in [1.82, 2.24) is 0 Å². The molecule has 0 spiro atoms. The molecule has 0 unspecified atom stereocenters. The van der Waals surface area contributed by atoms with Gasteiger partial charge >= 0.3 is 0 Å². The van der Waals surface area contributed by atoms with Crippen LogP contribution in [0.2, 0.25) is 0 Å². The van der Waals surface area contributed by atoms with Crippen molar-refractivity contribution in [2.45, 2.75) is 64.2 Å². The zero-order valence-electron chi connectivity index (χ0n) is 16.7. The first-order valence-electron chi connectivity index (χ1n) is 10.4. The molecule has 2 aromatic rings. The fourth-order valence-corrected chi connectivity index (χ4v) is 4.37. The van der Waals surface area contributed by atoms with Crippen LogP contribution in [0.15, 0.2) is 30.3 Å². The van der Waals surface area contributed by atoms with Crippen LogP contribution in [-0.4, -0.2) is 7.11 Å². The molecule has 0 amide bonds. The fraction of sp³-hybridized carbons (Fsp3) is 0.500. The lowest BCUT2D eigenvalue weighted by molar-refractivity contribution is 0.303. The third-order valence-electron chi connectivity index (χ3n) is 6.08. The molecule has 1 aliphatic carbocycles. The van der Waals surface area contributed by atoms with E-state index in [-0.39, 0.29) is 11.3 Å². The Balaban J connectivity index is 1.71. The molecular weight excluding hydrogens is 361 g/mol. The summed E-state index contributed by atoms with van der Waals surface area (Å²) in [6.07, 6.45) is 10.1. The number of rotatable bonds is 7. The standard InChI is InChI=1S/C24H29F3O/c1-3-4-5-6-16-7-9-17(10-8-16)18-11-13-19(14-12-18)22-23(26)20(25)15-21(28-2)24(22)27/h11-17H,3-10H2,1-2H3. The second-order valence-corrected chi connectivity index (χ2v) is 7.90. The normalized spacial score (nSPS) is 19.6. The first-order chi connectivity index (χ1) is 13.5. The zero-order valence-corrected chi connectivity index (χ0v) is 16.7. The van der Waals surface area contributed by atoms with Gasteiger partial charge in [-0.2, -0.15) is 0 Å². The van der Waals surface area contributed by atoms with E-state index in [1.165, 1.54) is 51.2 Å². The second-order valence-electron chi connectivity index (χ2n) is 7.90. The highest BCUT2D eigenvalue weighted by atomic mass is 19.2. The van der Waals surface area contributed by atoms with Gasteiger partial charge in [-0.3, -0.25) is 0 Å². The molecule has 1 fully saturated rings. The summed E-state index contributed by atoms with van der Waals surface area (Å²) in [7, 11) is 1.24. The summed E-state index contributed by atoms with van der Waals surface area (Å²) in [5.74, 6) is -2.13. The Bertz CT molecular complexity index is 777. The van der Waals surface area contributed by atoms with Crippen LogP contribution in [0.1, 0.15) is 69.8 Å². The first kappa shape index (κ1) is 20.8. The number of ether oxygens (including phenoxy) is 1. The Hall–Kier alpha value is -1.97. The van der Waals surface area contributed by atoms with Gasteiger partial charge in [0.1, 0.15) is 0 Å². The molecule has 28 heavy (non-hydrogen) atoms. The van der Waals surface area contributed by atoms with E-state index < -0.39 is 17.5 Å². The molecule has 0 radical (unpaired) electrons. The van der Waals surface area contributed by atoms with Crippen molar-refractivity contribution >= 4 is 0 Å². The lowest BCUT2D eigenvalue weighted by Gasteiger charge is -2.29. The molecule has 0 aliphatic heterocycles. The van der Waals surface area contributed by atoms with Gasteiger partial charge < -0.3 is 4.74 Å². The van der Waals surface area contributed by atoms with Crippen molar-refractivity contribution < 1.29 is 17.9 Å². The molecular formula is C24H29F3O. The monoisotopic (exact) mass is 390 g/mol. The molecule has 0 heterocycles. The molecule has 0 bridgehead atoms. The summed E-state index contributed by atoms with van der Waals surface area (Å²) in [5, 5.41) is 0. The van der Waals surface area contributed by atoms with Gasteiger partial charge in [-0.25, -0.2) is 13.2 Å². The van der Waals surface area contributed by atoms with E-state index in [1.807, 2.05) is 12.1 Å². The van der Waals surface area contributed by atoms with Crippen LogP contribution in [0.25, 0.3) is 11.1 Å². The summed E-state index contributed by atoms with van der Waals surface area (Å²) in [4.78, 5) is 0. The van der Waals surface area contributed by atoms with Crippen LogP contribution in [0.3, 0.4) is 0 Å². The van der Waals surface area contributed by atoms with Crippen LogP contribution in [0.4, 0.5) is 13.2 Å². The minimum absolute atomic E-state index is 0.292. The van der Waals surface area contributed by atoms with E-state index in [0.717, 1.165) is 24.8 Å². The first-order valence-corrected chi connectivity index (χ1v) is 10.4. The Morgan fingerprint density at radius 1 is 0.929 bits per heavy atom. The van der Waals surface area contributed by atoms with Crippen molar-refractivity contribution in [3.8, 4) is 16.9 Å². The molecule has 0 aromatic heterocycles. The third-order valence-corrected chi connectivity index (χ3v) is 6.08. The lowest BCUT2D eigenvalue weighted by atomic mass is 9.77. The van der Waals surface area contributed by atoms with Crippen molar-refractivity contribution in [2.75, 3.05) is 7.11 Å². The molecule has 0 saturated heterocycles. The second kappa shape index (κ2) is 9.49. The minimum Gasteiger partial charge on any atom is -0.494 e. The highest BCUT2D eigenvalue weighted by Gasteiger charge is 2.24. The molecule has 2 aromatic carbocycles. The van der Waals surface area contributed by atoms with E-state index in [2.05, 4.69) is 6.92 Å².